The Hall–Kier alpha value is -1.74. The number of hydrogen-bond donors (Lipinski definition) is 5. The van der Waals surface area contributed by atoms with E-state index in [1.54, 1.807) is 11.1 Å². The average molecular weight is 280 g/mol. The molecule has 0 bridgehead atoms. The molecule has 8 heteroatoms. The van der Waals surface area contributed by atoms with Crippen molar-refractivity contribution in [1.29, 1.82) is 0 Å². The molecule has 20 heavy (non-hydrogen) atoms. The van der Waals surface area contributed by atoms with Crippen molar-refractivity contribution in [2.45, 2.75) is 24.8 Å². The van der Waals surface area contributed by atoms with Crippen molar-refractivity contribution in [3.8, 4) is 0 Å². The van der Waals surface area contributed by atoms with E-state index < -0.39 is 18.2 Å². The molecule has 0 aliphatic carbocycles. The predicted octanol–water partition coefficient (Wildman–Crippen LogP) is -1.85. The van der Waals surface area contributed by atoms with Gasteiger partial charge in [-0.2, -0.15) is 0 Å². The Morgan fingerprint density at radius 2 is 2.20 bits per heavy atom. The molecule has 1 aliphatic rings. The molecule has 0 unspecified atom stereocenters. The number of β-amino-alcohol motifs (C(OH)–C–C–N with tert-alkyl or cyclic N) is 1. The average Bonchev–Trinajstić information content (AvgIpc) is 2.94. The molecule has 0 amide bonds. The zero-order chi connectivity index (χ0) is 14.3. The standard InChI is InChI=1S/C12H16N4O4/c17-4-7-11(19)8(18)3-16(7)2-6-1-13-10-9(6)14-5-15-12(10)20/h1,5,7-8,11,13,17-19H,2-4H2,(H,14,15,20)/t7-,8+,11-/m1/s1. The summed E-state index contributed by atoms with van der Waals surface area (Å²) in [6.45, 7) is 0.409. The van der Waals surface area contributed by atoms with Crippen LogP contribution in [-0.2, 0) is 6.54 Å². The Balaban J connectivity index is 1.90. The van der Waals surface area contributed by atoms with Gasteiger partial charge in [0.15, 0.2) is 0 Å². The van der Waals surface area contributed by atoms with Gasteiger partial charge in [-0.25, -0.2) is 4.98 Å². The van der Waals surface area contributed by atoms with Crippen molar-refractivity contribution in [3.63, 3.8) is 0 Å². The summed E-state index contributed by atoms with van der Waals surface area (Å²) in [5.41, 5.74) is 1.48. The monoisotopic (exact) mass is 280 g/mol. The molecule has 5 N–H and O–H groups in total. The molecule has 8 nitrogen and oxygen atoms in total. The minimum absolute atomic E-state index is 0.241. The van der Waals surface area contributed by atoms with Crippen LogP contribution in [0.2, 0.25) is 0 Å². The van der Waals surface area contributed by atoms with Gasteiger partial charge in [-0.1, -0.05) is 0 Å². The van der Waals surface area contributed by atoms with E-state index in [-0.39, 0.29) is 18.7 Å². The van der Waals surface area contributed by atoms with E-state index in [9.17, 15) is 20.1 Å². The highest BCUT2D eigenvalue weighted by molar-refractivity contribution is 5.77. The Bertz CT molecular complexity index is 667. The van der Waals surface area contributed by atoms with Crippen LogP contribution in [0.25, 0.3) is 11.0 Å². The topological polar surface area (TPSA) is 125 Å². The SMILES string of the molecule is O=c1[nH]cnc2c(CN3C[C@H](O)[C@H](O)[C@H]3CO)c[nH]c12. The van der Waals surface area contributed by atoms with Gasteiger partial charge in [-0.05, 0) is 0 Å². The molecule has 3 rings (SSSR count). The summed E-state index contributed by atoms with van der Waals surface area (Å²) in [6.07, 6.45) is 1.16. The first-order valence-corrected chi connectivity index (χ1v) is 6.36. The van der Waals surface area contributed by atoms with Gasteiger partial charge in [0.1, 0.15) is 5.52 Å². The van der Waals surface area contributed by atoms with Crippen LogP contribution in [0.15, 0.2) is 17.3 Å². The van der Waals surface area contributed by atoms with E-state index in [0.29, 0.717) is 17.6 Å². The molecule has 0 spiro atoms. The summed E-state index contributed by atoms with van der Waals surface area (Å²) in [5.74, 6) is 0. The summed E-state index contributed by atoms with van der Waals surface area (Å²) in [7, 11) is 0. The summed E-state index contributed by atoms with van der Waals surface area (Å²) in [4.78, 5) is 22.9. The fourth-order valence-electron chi connectivity index (χ4n) is 2.71. The molecular formula is C12H16N4O4. The summed E-state index contributed by atoms with van der Waals surface area (Å²) in [5, 5.41) is 28.8. The lowest BCUT2D eigenvalue weighted by atomic mass is 10.1. The van der Waals surface area contributed by atoms with Crippen molar-refractivity contribution in [3.05, 3.63) is 28.4 Å². The maximum absolute atomic E-state index is 11.6. The number of likely N-dealkylation sites (tertiary alicyclic amines) is 1. The van der Waals surface area contributed by atoms with E-state index in [0.717, 1.165) is 5.56 Å². The molecule has 0 aromatic carbocycles. The van der Waals surface area contributed by atoms with E-state index in [1.165, 1.54) is 6.33 Å². The fraction of sp³-hybridized carbons (Fsp3) is 0.500. The van der Waals surface area contributed by atoms with Gasteiger partial charge in [0.2, 0.25) is 0 Å². The minimum Gasteiger partial charge on any atom is -0.395 e. The van der Waals surface area contributed by atoms with Crippen molar-refractivity contribution in [2.75, 3.05) is 13.2 Å². The van der Waals surface area contributed by atoms with E-state index in [4.69, 9.17) is 0 Å². The third-order valence-corrected chi connectivity index (χ3v) is 3.79. The van der Waals surface area contributed by atoms with Gasteiger partial charge in [-0.15, -0.1) is 0 Å². The number of nitrogens with zero attached hydrogens (tertiary/aromatic N) is 2. The highest BCUT2D eigenvalue weighted by atomic mass is 16.3. The molecule has 1 fully saturated rings. The van der Waals surface area contributed by atoms with Crippen LogP contribution in [0.3, 0.4) is 0 Å². The normalized spacial score (nSPS) is 27.4. The molecule has 3 heterocycles. The summed E-state index contributed by atoms with van der Waals surface area (Å²) >= 11 is 0. The first-order valence-electron chi connectivity index (χ1n) is 6.36. The zero-order valence-electron chi connectivity index (χ0n) is 10.7. The molecule has 0 radical (unpaired) electrons. The first-order chi connectivity index (χ1) is 9.61. The Morgan fingerprint density at radius 1 is 1.40 bits per heavy atom. The fourth-order valence-corrected chi connectivity index (χ4v) is 2.71. The van der Waals surface area contributed by atoms with Crippen LogP contribution in [0, 0.1) is 0 Å². The largest absolute Gasteiger partial charge is 0.395 e. The summed E-state index contributed by atoms with van der Waals surface area (Å²) in [6, 6.07) is -0.517. The van der Waals surface area contributed by atoms with Crippen LogP contribution < -0.4 is 5.56 Å². The number of nitrogens with one attached hydrogen (secondary N) is 2. The second-order valence-electron chi connectivity index (χ2n) is 5.01. The van der Waals surface area contributed by atoms with Crippen molar-refractivity contribution < 1.29 is 15.3 Å². The second kappa shape index (κ2) is 4.98. The Labute approximate surface area is 113 Å². The first kappa shape index (κ1) is 13.3. The van der Waals surface area contributed by atoms with E-state index >= 15 is 0 Å². The lowest BCUT2D eigenvalue weighted by Gasteiger charge is -2.23. The van der Waals surface area contributed by atoms with Crippen molar-refractivity contribution >= 4 is 11.0 Å². The maximum atomic E-state index is 11.6. The molecule has 2 aromatic rings. The number of H-pyrrole nitrogens is 2. The molecule has 2 aromatic heterocycles. The van der Waals surface area contributed by atoms with Gasteiger partial charge in [-0.3, -0.25) is 9.69 Å². The van der Waals surface area contributed by atoms with Crippen LogP contribution >= 0.6 is 0 Å². The van der Waals surface area contributed by atoms with Crippen LogP contribution in [0.4, 0.5) is 0 Å². The predicted molar refractivity (Wildman–Crippen MR) is 70.0 cm³/mol. The smallest absolute Gasteiger partial charge is 0.275 e. The molecular weight excluding hydrogens is 264 g/mol. The number of rotatable bonds is 3. The molecule has 108 valence electrons. The van der Waals surface area contributed by atoms with Gasteiger partial charge in [0.05, 0.1) is 36.7 Å². The molecule has 1 aliphatic heterocycles. The second-order valence-corrected chi connectivity index (χ2v) is 5.01. The van der Waals surface area contributed by atoms with Crippen molar-refractivity contribution in [1.82, 2.24) is 19.9 Å². The third-order valence-electron chi connectivity index (χ3n) is 3.79. The number of aliphatic hydroxyl groups is 3. The quantitative estimate of drug-likeness (QED) is 0.449. The van der Waals surface area contributed by atoms with Crippen molar-refractivity contribution in [2.24, 2.45) is 0 Å². The number of aromatic amines is 2. The number of aliphatic hydroxyl groups excluding tert-OH is 3. The molecule has 0 saturated carbocycles. The third kappa shape index (κ3) is 2.02. The lowest BCUT2D eigenvalue weighted by molar-refractivity contribution is 0.0210. The number of hydrogen-bond acceptors (Lipinski definition) is 6. The van der Waals surface area contributed by atoms with Crippen LogP contribution in [0.1, 0.15) is 5.56 Å². The number of fused-ring (bicyclic) bond motifs is 1. The molecule has 1 saturated heterocycles. The Kier molecular flexibility index (Phi) is 3.30. The highest BCUT2D eigenvalue weighted by Crippen LogP contribution is 2.23. The highest BCUT2D eigenvalue weighted by Gasteiger charge is 2.39. The van der Waals surface area contributed by atoms with E-state index in [2.05, 4.69) is 15.0 Å². The van der Waals surface area contributed by atoms with Gasteiger partial charge in [0.25, 0.3) is 5.56 Å². The summed E-state index contributed by atoms with van der Waals surface area (Å²) < 4.78 is 0. The molecule has 3 atom stereocenters. The van der Waals surface area contributed by atoms with Crippen LogP contribution in [-0.4, -0.2) is 66.6 Å². The zero-order valence-corrected chi connectivity index (χ0v) is 10.7. The lowest BCUT2D eigenvalue weighted by Crippen LogP contribution is -2.38. The van der Waals surface area contributed by atoms with E-state index in [1.807, 2.05) is 0 Å². The van der Waals surface area contributed by atoms with Crippen LogP contribution in [0.5, 0.6) is 0 Å². The Morgan fingerprint density at radius 3 is 2.95 bits per heavy atom. The van der Waals surface area contributed by atoms with Gasteiger partial charge in [0, 0.05) is 24.8 Å². The van der Waals surface area contributed by atoms with Gasteiger partial charge >= 0.3 is 0 Å². The van der Waals surface area contributed by atoms with Gasteiger partial charge < -0.3 is 25.3 Å². The maximum Gasteiger partial charge on any atom is 0.275 e. The minimum atomic E-state index is -0.971. The number of aromatic nitrogens is 3.